The summed E-state index contributed by atoms with van der Waals surface area (Å²) < 4.78 is 5.46. The van der Waals surface area contributed by atoms with E-state index in [9.17, 15) is 4.79 Å². The molecule has 1 aromatic rings. The number of rotatable bonds is 3. The van der Waals surface area contributed by atoms with E-state index in [1.165, 1.54) is 0 Å². The first-order valence-corrected chi connectivity index (χ1v) is 6.16. The van der Waals surface area contributed by atoms with Crippen LogP contribution in [0.15, 0.2) is 18.3 Å². The number of nitrogens with one attached hydrogen (secondary N) is 2. The summed E-state index contributed by atoms with van der Waals surface area (Å²) >= 11 is 0. The second-order valence-corrected chi connectivity index (χ2v) is 4.62. The maximum atomic E-state index is 12.3. The summed E-state index contributed by atoms with van der Waals surface area (Å²) in [5, 5.41) is 6.07. The summed E-state index contributed by atoms with van der Waals surface area (Å²) in [5.41, 5.74) is 0.341. The number of nitrogens with zero attached hydrogens (tertiary/aromatic N) is 1. The van der Waals surface area contributed by atoms with E-state index in [1.54, 1.807) is 13.3 Å². The Labute approximate surface area is 131 Å². The number of anilines is 1. The lowest BCUT2D eigenvalue weighted by atomic mass is 9.91. The van der Waals surface area contributed by atoms with Crippen LogP contribution < -0.4 is 10.6 Å². The van der Waals surface area contributed by atoms with Crippen molar-refractivity contribution in [3.05, 3.63) is 23.9 Å². The monoisotopic (exact) mass is 321 g/mol. The zero-order chi connectivity index (χ0) is 13.0. The molecule has 0 aromatic carbocycles. The lowest BCUT2D eigenvalue weighted by Crippen LogP contribution is -2.51. The molecular formula is C13H21Cl2N3O2. The quantitative estimate of drug-likeness (QED) is 0.893. The highest BCUT2D eigenvalue weighted by molar-refractivity contribution is 5.96. The van der Waals surface area contributed by atoms with Crippen molar-refractivity contribution in [3.8, 4) is 0 Å². The number of aromatic nitrogens is 1. The number of hydrogen-bond donors (Lipinski definition) is 2. The van der Waals surface area contributed by atoms with Gasteiger partial charge in [0.1, 0.15) is 11.4 Å². The number of hydrogen-bond acceptors (Lipinski definition) is 4. The first-order valence-electron chi connectivity index (χ1n) is 6.16. The highest BCUT2D eigenvalue weighted by atomic mass is 35.5. The van der Waals surface area contributed by atoms with Crippen molar-refractivity contribution >= 4 is 36.5 Å². The standard InChI is InChI=1S/C13H19N3O2.2ClH/c1-10-3-6-15-11(9-10)16-12(17)13(18-2)4-7-14-8-5-13;;/h3,6,9,14H,4-5,7-8H2,1-2H3,(H,15,16,17);2*1H. The molecule has 0 unspecified atom stereocenters. The first kappa shape index (κ1) is 19.1. The number of methoxy groups -OCH3 is 1. The molecule has 2 heterocycles. The molecule has 2 rings (SSSR count). The Kier molecular flexibility index (Phi) is 8.05. The van der Waals surface area contributed by atoms with Gasteiger partial charge in [-0.25, -0.2) is 4.98 Å². The summed E-state index contributed by atoms with van der Waals surface area (Å²) in [6, 6.07) is 3.74. The molecule has 20 heavy (non-hydrogen) atoms. The van der Waals surface area contributed by atoms with Crippen LogP contribution in [0.2, 0.25) is 0 Å². The van der Waals surface area contributed by atoms with Gasteiger partial charge in [0.05, 0.1) is 0 Å². The van der Waals surface area contributed by atoms with E-state index < -0.39 is 5.60 Å². The molecule has 0 saturated carbocycles. The van der Waals surface area contributed by atoms with Gasteiger partial charge in [-0.1, -0.05) is 0 Å². The number of halogens is 2. The van der Waals surface area contributed by atoms with Gasteiger partial charge in [-0.3, -0.25) is 4.79 Å². The Hall–Kier alpha value is -0.880. The van der Waals surface area contributed by atoms with Crippen LogP contribution in [0, 0.1) is 6.92 Å². The minimum absolute atomic E-state index is 0. The molecule has 5 nitrogen and oxygen atoms in total. The van der Waals surface area contributed by atoms with Crippen LogP contribution in [-0.4, -0.2) is 36.7 Å². The SMILES string of the molecule is COC1(C(=O)Nc2cc(C)ccn2)CCNCC1.Cl.Cl. The third-order valence-electron chi connectivity index (χ3n) is 3.37. The van der Waals surface area contributed by atoms with Gasteiger partial charge in [0.15, 0.2) is 0 Å². The largest absolute Gasteiger partial charge is 0.368 e. The van der Waals surface area contributed by atoms with Gasteiger partial charge in [0, 0.05) is 13.3 Å². The van der Waals surface area contributed by atoms with Crippen molar-refractivity contribution in [1.29, 1.82) is 0 Å². The Balaban J connectivity index is 0.00000180. The van der Waals surface area contributed by atoms with E-state index in [2.05, 4.69) is 15.6 Å². The molecule has 1 saturated heterocycles. The molecule has 0 atom stereocenters. The summed E-state index contributed by atoms with van der Waals surface area (Å²) in [5.74, 6) is 0.472. The van der Waals surface area contributed by atoms with Gasteiger partial charge >= 0.3 is 0 Å². The van der Waals surface area contributed by atoms with Gasteiger partial charge in [0.25, 0.3) is 5.91 Å². The minimum Gasteiger partial charge on any atom is -0.368 e. The fourth-order valence-electron chi connectivity index (χ4n) is 2.19. The predicted octanol–water partition coefficient (Wildman–Crippen LogP) is 1.94. The normalized spacial score (nSPS) is 16.5. The summed E-state index contributed by atoms with van der Waals surface area (Å²) in [6.07, 6.45) is 3.05. The maximum Gasteiger partial charge on any atom is 0.257 e. The number of aryl methyl sites for hydroxylation is 1. The molecule has 1 amide bonds. The van der Waals surface area contributed by atoms with Gasteiger partial charge in [0.2, 0.25) is 0 Å². The summed E-state index contributed by atoms with van der Waals surface area (Å²) in [4.78, 5) is 16.5. The van der Waals surface area contributed by atoms with E-state index in [4.69, 9.17) is 4.74 Å². The zero-order valence-corrected chi connectivity index (χ0v) is 13.3. The number of piperidine rings is 1. The van der Waals surface area contributed by atoms with Crippen molar-refractivity contribution in [3.63, 3.8) is 0 Å². The van der Waals surface area contributed by atoms with Gasteiger partial charge in [-0.05, 0) is 50.6 Å². The van der Waals surface area contributed by atoms with E-state index in [1.807, 2.05) is 19.1 Å². The van der Waals surface area contributed by atoms with Crippen LogP contribution in [0.25, 0.3) is 0 Å². The lowest BCUT2D eigenvalue weighted by molar-refractivity contribution is -0.140. The molecule has 1 fully saturated rings. The second kappa shape index (κ2) is 8.42. The topological polar surface area (TPSA) is 63.2 Å². The Morgan fingerprint density at radius 3 is 2.60 bits per heavy atom. The third-order valence-corrected chi connectivity index (χ3v) is 3.37. The van der Waals surface area contributed by atoms with Gasteiger partial charge in [-0.15, -0.1) is 24.8 Å². The number of ether oxygens (including phenoxy) is 1. The van der Waals surface area contributed by atoms with Crippen LogP contribution in [0.4, 0.5) is 5.82 Å². The fraction of sp³-hybridized carbons (Fsp3) is 0.538. The zero-order valence-electron chi connectivity index (χ0n) is 11.6. The van der Waals surface area contributed by atoms with Crippen molar-refractivity contribution in [1.82, 2.24) is 10.3 Å². The highest BCUT2D eigenvalue weighted by Crippen LogP contribution is 2.24. The molecule has 1 aromatic heterocycles. The van der Waals surface area contributed by atoms with Crippen molar-refractivity contribution < 1.29 is 9.53 Å². The van der Waals surface area contributed by atoms with Crippen molar-refractivity contribution in [2.24, 2.45) is 0 Å². The van der Waals surface area contributed by atoms with Crippen LogP contribution in [-0.2, 0) is 9.53 Å². The number of carbonyl (C=O) groups excluding carboxylic acids is 1. The number of pyridine rings is 1. The maximum absolute atomic E-state index is 12.3. The predicted molar refractivity (Wildman–Crippen MR) is 83.9 cm³/mol. The van der Waals surface area contributed by atoms with Gasteiger partial charge in [-0.2, -0.15) is 0 Å². The molecule has 2 N–H and O–H groups in total. The summed E-state index contributed by atoms with van der Waals surface area (Å²) in [7, 11) is 1.59. The molecule has 1 aliphatic heterocycles. The molecule has 0 bridgehead atoms. The van der Waals surface area contributed by atoms with E-state index in [0.717, 1.165) is 18.7 Å². The van der Waals surface area contributed by atoms with E-state index >= 15 is 0 Å². The van der Waals surface area contributed by atoms with Crippen LogP contribution in [0.3, 0.4) is 0 Å². The Morgan fingerprint density at radius 2 is 2.05 bits per heavy atom. The Morgan fingerprint density at radius 1 is 1.40 bits per heavy atom. The van der Waals surface area contributed by atoms with Gasteiger partial charge < -0.3 is 15.4 Å². The fourth-order valence-corrected chi connectivity index (χ4v) is 2.19. The van der Waals surface area contributed by atoms with E-state index in [0.29, 0.717) is 18.7 Å². The smallest absolute Gasteiger partial charge is 0.257 e. The van der Waals surface area contributed by atoms with Crippen molar-refractivity contribution in [2.75, 3.05) is 25.5 Å². The Bertz CT molecular complexity index is 437. The number of amides is 1. The molecular weight excluding hydrogens is 301 g/mol. The average Bonchev–Trinajstić information content (AvgIpc) is 2.39. The first-order chi connectivity index (χ1) is 8.66. The second-order valence-electron chi connectivity index (χ2n) is 4.62. The molecule has 1 aliphatic rings. The van der Waals surface area contributed by atoms with Crippen LogP contribution in [0.1, 0.15) is 18.4 Å². The van der Waals surface area contributed by atoms with Crippen LogP contribution >= 0.6 is 24.8 Å². The molecule has 7 heteroatoms. The summed E-state index contributed by atoms with van der Waals surface area (Å²) in [6.45, 7) is 3.55. The minimum atomic E-state index is -0.726. The molecule has 0 radical (unpaired) electrons. The molecule has 0 aliphatic carbocycles. The number of carbonyl (C=O) groups is 1. The average molecular weight is 322 g/mol. The van der Waals surface area contributed by atoms with Crippen LogP contribution in [0.5, 0.6) is 0 Å². The van der Waals surface area contributed by atoms with E-state index in [-0.39, 0.29) is 30.7 Å². The molecule has 0 spiro atoms. The highest BCUT2D eigenvalue weighted by Gasteiger charge is 2.39. The van der Waals surface area contributed by atoms with Crippen molar-refractivity contribution in [2.45, 2.75) is 25.4 Å². The third kappa shape index (κ3) is 4.31. The lowest BCUT2D eigenvalue weighted by Gasteiger charge is -2.34. The molecule has 114 valence electrons.